The number of benzene rings is 2. The molecule has 156 valence electrons. The number of ether oxygens (including phenoxy) is 1. The van der Waals surface area contributed by atoms with Gasteiger partial charge in [-0.1, -0.05) is 43.0 Å². The fourth-order valence-electron chi connectivity index (χ4n) is 3.02. The van der Waals surface area contributed by atoms with Gasteiger partial charge >= 0.3 is 0 Å². The van der Waals surface area contributed by atoms with Gasteiger partial charge < -0.3 is 10.1 Å². The van der Waals surface area contributed by atoms with Crippen molar-refractivity contribution in [3.05, 3.63) is 66.7 Å². The lowest BCUT2D eigenvalue weighted by Crippen LogP contribution is -2.33. The third-order valence-electron chi connectivity index (χ3n) is 4.63. The number of aliphatic imine (C=N–C) groups is 1. The van der Waals surface area contributed by atoms with Crippen LogP contribution < -0.4 is 10.1 Å². The van der Waals surface area contributed by atoms with Gasteiger partial charge in [-0.15, -0.1) is 6.58 Å². The first-order chi connectivity index (χ1) is 14.5. The van der Waals surface area contributed by atoms with E-state index in [-0.39, 0.29) is 18.2 Å². The van der Waals surface area contributed by atoms with Gasteiger partial charge in [-0.05, 0) is 36.2 Å². The lowest BCUT2D eigenvalue weighted by molar-refractivity contribution is -0.127. The predicted molar refractivity (Wildman–Crippen MR) is 122 cm³/mol. The van der Waals surface area contributed by atoms with E-state index >= 15 is 0 Å². The molecule has 0 aromatic heterocycles. The molecule has 0 unspecified atom stereocenters. The molecule has 0 aliphatic carbocycles. The summed E-state index contributed by atoms with van der Waals surface area (Å²) in [6.45, 7) is 6.18. The van der Waals surface area contributed by atoms with Gasteiger partial charge in [0.1, 0.15) is 11.0 Å². The van der Waals surface area contributed by atoms with E-state index in [9.17, 15) is 9.59 Å². The molecule has 1 aliphatic rings. The van der Waals surface area contributed by atoms with E-state index in [0.717, 1.165) is 12.1 Å². The average Bonchev–Trinajstić information content (AvgIpc) is 3.03. The first-order valence-corrected chi connectivity index (χ1v) is 10.6. The van der Waals surface area contributed by atoms with Crippen molar-refractivity contribution in [3.63, 3.8) is 0 Å². The Labute approximate surface area is 181 Å². The molecule has 2 aromatic carbocycles. The van der Waals surface area contributed by atoms with E-state index in [1.807, 2.05) is 24.3 Å². The molecule has 3 rings (SSSR count). The van der Waals surface area contributed by atoms with Crippen molar-refractivity contribution in [2.75, 3.05) is 19.0 Å². The number of thioether (sulfide) groups is 1. The summed E-state index contributed by atoms with van der Waals surface area (Å²) >= 11 is 1.31. The quantitative estimate of drug-likeness (QED) is 0.639. The number of carbonyl (C=O) groups excluding carboxylic acids is 2. The summed E-state index contributed by atoms with van der Waals surface area (Å²) in [6, 6.07) is 15.0. The maximum atomic E-state index is 12.9. The van der Waals surface area contributed by atoms with Gasteiger partial charge in [0.2, 0.25) is 11.8 Å². The van der Waals surface area contributed by atoms with Gasteiger partial charge in [0.05, 0.1) is 12.8 Å². The SMILES string of the molecule is C=CCN1C(=O)[C@H](CC(=O)Nc2cccc(OC)c2)SC1=Nc1ccc(CC)cc1. The van der Waals surface area contributed by atoms with Gasteiger partial charge in [0.25, 0.3) is 0 Å². The van der Waals surface area contributed by atoms with E-state index < -0.39 is 5.25 Å². The van der Waals surface area contributed by atoms with Crippen LogP contribution in [0.5, 0.6) is 5.75 Å². The lowest BCUT2D eigenvalue weighted by atomic mass is 10.2. The first kappa shape index (κ1) is 21.6. The van der Waals surface area contributed by atoms with Crippen LogP contribution >= 0.6 is 11.8 Å². The number of nitrogens with one attached hydrogen (secondary N) is 1. The summed E-state index contributed by atoms with van der Waals surface area (Å²) in [6.07, 6.45) is 2.67. The number of amides is 2. The molecule has 0 radical (unpaired) electrons. The fourth-order valence-corrected chi connectivity index (χ4v) is 4.19. The van der Waals surface area contributed by atoms with Crippen molar-refractivity contribution in [2.45, 2.75) is 25.0 Å². The number of carbonyl (C=O) groups is 2. The fraction of sp³-hybridized carbons (Fsp3) is 0.261. The number of aryl methyl sites for hydroxylation is 1. The molecule has 1 aliphatic heterocycles. The highest BCUT2D eigenvalue weighted by molar-refractivity contribution is 8.15. The van der Waals surface area contributed by atoms with E-state index in [4.69, 9.17) is 4.74 Å². The maximum Gasteiger partial charge on any atom is 0.242 e. The normalized spacial score (nSPS) is 17.3. The number of methoxy groups -OCH3 is 1. The van der Waals surface area contributed by atoms with Gasteiger partial charge in [0, 0.05) is 24.7 Å². The second-order valence-electron chi connectivity index (χ2n) is 6.74. The molecule has 2 aromatic rings. The van der Waals surface area contributed by atoms with Crippen LogP contribution in [0.25, 0.3) is 0 Å². The Balaban J connectivity index is 1.72. The Morgan fingerprint density at radius 3 is 2.73 bits per heavy atom. The molecule has 1 fully saturated rings. The molecule has 1 heterocycles. The molecule has 0 saturated carbocycles. The maximum absolute atomic E-state index is 12.9. The summed E-state index contributed by atoms with van der Waals surface area (Å²) < 4.78 is 5.17. The Morgan fingerprint density at radius 1 is 1.30 bits per heavy atom. The number of hydrogen-bond donors (Lipinski definition) is 1. The van der Waals surface area contributed by atoms with Crippen molar-refractivity contribution in [1.82, 2.24) is 4.90 Å². The van der Waals surface area contributed by atoms with Crippen LogP contribution in [0.1, 0.15) is 18.9 Å². The topological polar surface area (TPSA) is 71.0 Å². The van der Waals surface area contributed by atoms with Gasteiger partial charge in [-0.2, -0.15) is 0 Å². The molecule has 7 heteroatoms. The Hall–Kier alpha value is -3.06. The van der Waals surface area contributed by atoms with Crippen molar-refractivity contribution in [2.24, 2.45) is 4.99 Å². The zero-order valence-corrected chi connectivity index (χ0v) is 17.9. The minimum absolute atomic E-state index is 0.0577. The minimum atomic E-state index is -0.524. The number of anilines is 1. The van der Waals surface area contributed by atoms with Crippen molar-refractivity contribution >= 4 is 40.1 Å². The number of nitrogens with zero attached hydrogens (tertiary/aromatic N) is 2. The van der Waals surface area contributed by atoms with Crippen LogP contribution in [0.4, 0.5) is 11.4 Å². The van der Waals surface area contributed by atoms with Crippen molar-refractivity contribution in [1.29, 1.82) is 0 Å². The molecule has 30 heavy (non-hydrogen) atoms. The molecule has 1 saturated heterocycles. The third-order valence-corrected chi connectivity index (χ3v) is 5.80. The largest absolute Gasteiger partial charge is 0.497 e. The van der Waals surface area contributed by atoms with Crippen LogP contribution in [-0.4, -0.2) is 40.8 Å². The smallest absolute Gasteiger partial charge is 0.242 e. The summed E-state index contributed by atoms with van der Waals surface area (Å²) in [5.74, 6) is 0.283. The Morgan fingerprint density at radius 2 is 2.07 bits per heavy atom. The second-order valence-corrected chi connectivity index (χ2v) is 7.91. The van der Waals surface area contributed by atoms with Crippen molar-refractivity contribution in [3.8, 4) is 5.75 Å². The van der Waals surface area contributed by atoms with E-state index in [2.05, 4.69) is 23.8 Å². The minimum Gasteiger partial charge on any atom is -0.497 e. The third kappa shape index (κ3) is 5.30. The molecule has 1 N–H and O–H groups in total. The van der Waals surface area contributed by atoms with Crippen molar-refractivity contribution < 1.29 is 14.3 Å². The van der Waals surface area contributed by atoms with Gasteiger partial charge in [-0.3, -0.25) is 14.5 Å². The zero-order valence-electron chi connectivity index (χ0n) is 17.1. The summed E-state index contributed by atoms with van der Waals surface area (Å²) in [5, 5.41) is 2.89. The standard InChI is InChI=1S/C23H25N3O3S/c1-4-13-26-22(28)20(15-21(27)24-18-7-6-8-19(14-18)29-3)30-23(26)25-17-11-9-16(5-2)10-12-17/h4,6-12,14,20H,1,5,13,15H2,2-3H3,(H,24,27)/t20-/m0/s1. The van der Waals surface area contributed by atoms with Crippen LogP contribution in [0, 0.1) is 0 Å². The predicted octanol–water partition coefficient (Wildman–Crippen LogP) is 4.40. The molecule has 0 spiro atoms. The number of amidine groups is 1. The summed E-state index contributed by atoms with van der Waals surface area (Å²) in [4.78, 5) is 31.6. The highest BCUT2D eigenvalue weighted by Crippen LogP contribution is 2.32. The van der Waals surface area contributed by atoms with Gasteiger partial charge in [0.15, 0.2) is 5.17 Å². The molecule has 2 amide bonds. The molecular weight excluding hydrogens is 398 g/mol. The monoisotopic (exact) mass is 423 g/mol. The second kappa shape index (κ2) is 10.1. The Bertz CT molecular complexity index is 956. The zero-order chi connectivity index (χ0) is 21.5. The molecule has 0 bridgehead atoms. The van der Waals surface area contributed by atoms with E-state index in [1.54, 1.807) is 42.4 Å². The lowest BCUT2D eigenvalue weighted by Gasteiger charge is -2.14. The Kier molecular flexibility index (Phi) is 7.30. The summed E-state index contributed by atoms with van der Waals surface area (Å²) in [7, 11) is 1.57. The number of hydrogen-bond acceptors (Lipinski definition) is 5. The van der Waals surface area contributed by atoms with E-state index in [0.29, 0.717) is 23.1 Å². The average molecular weight is 424 g/mol. The van der Waals surface area contributed by atoms with Crippen LogP contribution in [0.3, 0.4) is 0 Å². The molecular formula is C23H25N3O3S. The molecule has 6 nitrogen and oxygen atoms in total. The van der Waals surface area contributed by atoms with Crippen LogP contribution in [0.2, 0.25) is 0 Å². The highest BCUT2D eigenvalue weighted by atomic mass is 32.2. The first-order valence-electron chi connectivity index (χ1n) is 9.74. The highest BCUT2D eigenvalue weighted by Gasteiger charge is 2.38. The molecule has 1 atom stereocenters. The van der Waals surface area contributed by atoms with Gasteiger partial charge in [-0.25, -0.2) is 4.99 Å². The van der Waals surface area contributed by atoms with Crippen LogP contribution in [0.15, 0.2) is 66.2 Å². The van der Waals surface area contributed by atoms with E-state index in [1.165, 1.54) is 17.3 Å². The summed E-state index contributed by atoms with van der Waals surface area (Å²) in [5.41, 5.74) is 2.63. The number of rotatable bonds is 8. The van der Waals surface area contributed by atoms with Crippen LogP contribution in [-0.2, 0) is 16.0 Å².